The molecule has 0 atom stereocenters. The molecule has 1 aliphatic carbocycles. The van der Waals surface area contributed by atoms with Crippen molar-refractivity contribution in [1.82, 2.24) is 20.1 Å². The van der Waals surface area contributed by atoms with E-state index in [1.807, 2.05) is 30.3 Å². The summed E-state index contributed by atoms with van der Waals surface area (Å²) >= 11 is 1.47. The third kappa shape index (κ3) is 8.20. The van der Waals surface area contributed by atoms with Crippen LogP contribution in [0.4, 0.5) is 0 Å². The first-order valence-corrected chi connectivity index (χ1v) is 12.6. The van der Waals surface area contributed by atoms with Gasteiger partial charge in [0.2, 0.25) is 5.91 Å². The number of amides is 1. The van der Waals surface area contributed by atoms with Gasteiger partial charge in [-0.15, -0.1) is 10.2 Å². The number of hydrogen-bond donors (Lipinski definition) is 1. The van der Waals surface area contributed by atoms with Crippen molar-refractivity contribution in [1.29, 1.82) is 0 Å². The van der Waals surface area contributed by atoms with E-state index in [1.165, 1.54) is 43.9 Å². The molecule has 1 saturated carbocycles. The summed E-state index contributed by atoms with van der Waals surface area (Å²) in [5.41, 5.74) is 0. The molecule has 1 aromatic carbocycles. The van der Waals surface area contributed by atoms with E-state index >= 15 is 0 Å². The number of carbonyl (C=O) groups is 1. The van der Waals surface area contributed by atoms with Gasteiger partial charge in [0.25, 0.3) is 0 Å². The van der Waals surface area contributed by atoms with Crippen LogP contribution in [0.3, 0.4) is 0 Å². The summed E-state index contributed by atoms with van der Waals surface area (Å²) in [7, 11) is 0. The van der Waals surface area contributed by atoms with Crippen molar-refractivity contribution in [2.45, 2.75) is 89.6 Å². The zero-order chi connectivity index (χ0) is 21.9. The van der Waals surface area contributed by atoms with Gasteiger partial charge in [-0.1, -0.05) is 75.9 Å². The fourth-order valence-electron chi connectivity index (χ4n) is 3.81. The van der Waals surface area contributed by atoms with Gasteiger partial charge in [-0.25, -0.2) is 0 Å². The Morgan fingerprint density at radius 3 is 2.55 bits per heavy atom. The Kier molecular flexibility index (Phi) is 9.72. The van der Waals surface area contributed by atoms with Crippen LogP contribution in [0.1, 0.15) is 71.0 Å². The Morgan fingerprint density at radius 1 is 1.13 bits per heavy atom. The van der Waals surface area contributed by atoms with E-state index in [4.69, 9.17) is 4.74 Å². The highest BCUT2D eigenvalue weighted by Gasteiger charge is 2.18. The molecule has 1 aliphatic rings. The van der Waals surface area contributed by atoms with Crippen LogP contribution in [0.5, 0.6) is 5.75 Å². The van der Waals surface area contributed by atoms with E-state index in [2.05, 4.69) is 33.9 Å². The molecule has 6 nitrogen and oxygen atoms in total. The SMILES string of the molecule is CC(C)CCn1c(COc2ccccc2)nnc1SCC(=O)NC1CCCCCCC1. The normalized spacial score (nSPS) is 15.5. The van der Waals surface area contributed by atoms with Crippen LogP contribution >= 0.6 is 11.8 Å². The van der Waals surface area contributed by atoms with Crippen LogP contribution in [-0.4, -0.2) is 32.5 Å². The van der Waals surface area contributed by atoms with Crippen LogP contribution < -0.4 is 10.1 Å². The van der Waals surface area contributed by atoms with E-state index in [0.717, 1.165) is 42.5 Å². The summed E-state index contributed by atoms with van der Waals surface area (Å²) in [6.45, 7) is 5.61. The van der Waals surface area contributed by atoms with E-state index in [9.17, 15) is 4.79 Å². The van der Waals surface area contributed by atoms with Gasteiger partial charge in [-0.3, -0.25) is 4.79 Å². The lowest BCUT2D eigenvalue weighted by Gasteiger charge is -2.21. The van der Waals surface area contributed by atoms with Crippen LogP contribution in [0, 0.1) is 5.92 Å². The van der Waals surface area contributed by atoms with Gasteiger partial charge in [0.1, 0.15) is 12.4 Å². The fraction of sp³-hybridized carbons (Fsp3) is 0.625. The lowest BCUT2D eigenvalue weighted by molar-refractivity contribution is -0.119. The lowest BCUT2D eigenvalue weighted by atomic mass is 9.97. The summed E-state index contributed by atoms with van der Waals surface area (Å²) in [4.78, 5) is 12.6. The quantitative estimate of drug-likeness (QED) is 0.509. The van der Waals surface area contributed by atoms with Crippen molar-refractivity contribution in [2.24, 2.45) is 5.92 Å². The van der Waals surface area contributed by atoms with Crippen molar-refractivity contribution in [2.75, 3.05) is 5.75 Å². The van der Waals surface area contributed by atoms with E-state index in [0.29, 0.717) is 24.3 Å². The molecule has 1 fully saturated rings. The van der Waals surface area contributed by atoms with E-state index < -0.39 is 0 Å². The molecule has 0 spiro atoms. The summed E-state index contributed by atoms with van der Waals surface area (Å²) in [6.07, 6.45) is 9.56. The second kappa shape index (κ2) is 12.7. The Morgan fingerprint density at radius 2 is 1.84 bits per heavy atom. The molecule has 3 rings (SSSR count). The van der Waals surface area contributed by atoms with Crippen LogP contribution in [0.2, 0.25) is 0 Å². The number of aromatic nitrogens is 3. The third-order valence-corrected chi connectivity index (χ3v) is 6.60. The van der Waals surface area contributed by atoms with Crippen LogP contribution in [-0.2, 0) is 17.9 Å². The largest absolute Gasteiger partial charge is 0.486 e. The zero-order valence-corrected chi connectivity index (χ0v) is 19.7. The Labute approximate surface area is 190 Å². The number of carbonyl (C=O) groups excluding carboxylic acids is 1. The van der Waals surface area contributed by atoms with Crippen molar-refractivity contribution in [3.05, 3.63) is 36.2 Å². The monoisotopic (exact) mass is 444 g/mol. The van der Waals surface area contributed by atoms with Gasteiger partial charge in [-0.05, 0) is 37.3 Å². The molecule has 0 aliphatic heterocycles. The number of rotatable bonds is 10. The van der Waals surface area contributed by atoms with Gasteiger partial charge in [0.15, 0.2) is 11.0 Å². The first kappa shape index (κ1) is 23.6. The minimum Gasteiger partial charge on any atom is -0.486 e. The van der Waals surface area contributed by atoms with Gasteiger partial charge >= 0.3 is 0 Å². The molecule has 0 saturated heterocycles. The van der Waals surface area contributed by atoms with Crippen LogP contribution in [0.15, 0.2) is 35.5 Å². The highest BCUT2D eigenvalue weighted by atomic mass is 32.2. The highest BCUT2D eigenvalue weighted by Crippen LogP contribution is 2.21. The number of hydrogen-bond acceptors (Lipinski definition) is 5. The molecule has 0 radical (unpaired) electrons. The molecule has 1 N–H and O–H groups in total. The maximum Gasteiger partial charge on any atom is 0.230 e. The molecule has 2 aromatic rings. The minimum atomic E-state index is 0.0936. The van der Waals surface area contributed by atoms with Crippen molar-refractivity contribution in [3.8, 4) is 5.75 Å². The molecule has 1 aromatic heterocycles. The second-order valence-electron chi connectivity index (χ2n) is 8.73. The first-order valence-electron chi connectivity index (χ1n) is 11.6. The molecular formula is C24H36N4O2S. The highest BCUT2D eigenvalue weighted by molar-refractivity contribution is 7.99. The number of nitrogens with zero attached hydrogens (tertiary/aromatic N) is 3. The number of ether oxygens (including phenoxy) is 1. The fourth-order valence-corrected chi connectivity index (χ4v) is 4.60. The average molecular weight is 445 g/mol. The topological polar surface area (TPSA) is 69.0 Å². The number of nitrogens with one attached hydrogen (secondary N) is 1. The van der Waals surface area contributed by atoms with Crippen molar-refractivity contribution >= 4 is 17.7 Å². The standard InChI is InChI=1S/C24H36N4O2S/c1-19(2)15-16-28-22(17-30-21-13-9-6-10-14-21)26-27-24(28)31-18-23(29)25-20-11-7-4-3-5-8-12-20/h6,9-10,13-14,19-20H,3-5,7-8,11-12,15-18H2,1-2H3,(H,25,29). The molecule has 1 heterocycles. The molecule has 7 heteroatoms. The molecule has 170 valence electrons. The van der Waals surface area contributed by atoms with E-state index in [-0.39, 0.29) is 5.91 Å². The summed E-state index contributed by atoms with van der Waals surface area (Å²) in [5, 5.41) is 12.8. The first-order chi connectivity index (χ1) is 15.1. The predicted octanol–water partition coefficient (Wildman–Crippen LogP) is 5.22. The van der Waals surface area contributed by atoms with Crippen molar-refractivity contribution < 1.29 is 9.53 Å². The van der Waals surface area contributed by atoms with Gasteiger partial charge < -0.3 is 14.6 Å². The Hall–Kier alpha value is -2.02. The number of para-hydroxylation sites is 1. The zero-order valence-electron chi connectivity index (χ0n) is 18.9. The lowest BCUT2D eigenvalue weighted by Crippen LogP contribution is -2.36. The van der Waals surface area contributed by atoms with Gasteiger partial charge in [0.05, 0.1) is 5.75 Å². The summed E-state index contributed by atoms with van der Waals surface area (Å²) in [6, 6.07) is 10.1. The number of benzene rings is 1. The van der Waals surface area contributed by atoms with Crippen molar-refractivity contribution in [3.63, 3.8) is 0 Å². The average Bonchev–Trinajstić information content (AvgIpc) is 3.13. The van der Waals surface area contributed by atoms with Gasteiger partial charge in [0, 0.05) is 12.6 Å². The Bertz CT molecular complexity index is 786. The molecule has 31 heavy (non-hydrogen) atoms. The van der Waals surface area contributed by atoms with E-state index in [1.54, 1.807) is 0 Å². The third-order valence-electron chi connectivity index (χ3n) is 5.64. The number of thioether (sulfide) groups is 1. The molecule has 0 unspecified atom stereocenters. The van der Waals surface area contributed by atoms with Gasteiger partial charge in [-0.2, -0.15) is 0 Å². The summed E-state index contributed by atoms with van der Waals surface area (Å²) in [5.74, 6) is 2.65. The summed E-state index contributed by atoms with van der Waals surface area (Å²) < 4.78 is 8.00. The predicted molar refractivity (Wildman–Crippen MR) is 125 cm³/mol. The maximum atomic E-state index is 12.6. The maximum absolute atomic E-state index is 12.6. The minimum absolute atomic E-state index is 0.0936. The molecular weight excluding hydrogens is 408 g/mol. The van der Waals surface area contributed by atoms with Crippen LogP contribution in [0.25, 0.3) is 0 Å². The molecule has 1 amide bonds. The molecule has 0 bridgehead atoms. The smallest absolute Gasteiger partial charge is 0.230 e. The Balaban J connectivity index is 1.57. The second-order valence-corrected chi connectivity index (χ2v) is 9.68.